The molecule has 0 radical (unpaired) electrons. The Kier molecular flexibility index (Phi) is 7.97. The van der Waals surface area contributed by atoms with Gasteiger partial charge < -0.3 is 10.1 Å². The highest BCUT2D eigenvalue weighted by atomic mass is 79.9. The number of nitrogens with one attached hydrogen (secondary N) is 2. The van der Waals surface area contributed by atoms with Gasteiger partial charge in [-0.2, -0.15) is 0 Å². The molecule has 1 fully saturated rings. The Hall–Kier alpha value is -3.66. The number of nitrogens with zero attached hydrogens (tertiary/aromatic N) is 1. The number of urea groups is 1. The van der Waals surface area contributed by atoms with Crippen LogP contribution in [0.25, 0.3) is 6.08 Å². The van der Waals surface area contributed by atoms with Gasteiger partial charge in [-0.3, -0.25) is 19.7 Å². The van der Waals surface area contributed by atoms with Crippen molar-refractivity contribution in [3.8, 4) is 5.75 Å². The van der Waals surface area contributed by atoms with Gasteiger partial charge >= 0.3 is 6.03 Å². The molecule has 1 saturated heterocycles. The van der Waals surface area contributed by atoms with Gasteiger partial charge in [0, 0.05) is 15.1 Å². The average molecular weight is 603 g/mol. The van der Waals surface area contributed by atoms with E-state index in [1.165, 1.54) is 6.08 Å². The lowest BCUT2D eigenvalue weighted by molar-refractivity contribution is -0.122. The van der Waals surface area contributed by atoms with Crippen molar-refractivity contribution in [1.29, 1.82) is 0 Å². The first-order chi connectivity index (χ1) is 17.7. The lowest BCUT2D eigenvalue weighted by Gasteiger charge is -2.27. The highest BCUT2D eigenvalue weighted by Gasteiger charge is 2.37. The van der Waals surface area contributed by atoms with Crippen LogP contribution in [0.3, 0.4) is 0 Å². The molecule has 2 N–H and O–H groups in total. The van der Waals surface area contributed by atoms with Gasteiger partial charge in [0.15, 0.2) is 6.61 Å². The zero-order valence-electron chi connectivity index (χ0n) is 19.2. The minimum atomic E-state index is -0.889. The summed E-state index contributed by atoms with van der Waals surface area (Å²) in [7, 11) is 0. The molecule has 0 aliphatic carbocycles. The number of imide groups is 2. The number of hydrogen-bond acceptors (Lipinski definition) is 5. The molecular formula is C26H18BrCl2N3O5. The molecule has 0 unspecified atom stereocenters. The van der Waals surface area contributed by atoms with Crippen molar-refractivity contribution in [2.45, 2.75) is 6.92 Å². The molecule has 3 aromatic carbocycles. The maximum atomic E-state index is 13.3. The number of hydrogen-bond donors (Lipinski definition) is 2. The van der Waals surface area contributed by atoms with Crippen molar-refractivity contribution in [2.24, 2.45) is 0 Å². The Morgan fingerprint density at radius 2 is 1.78 bits per heavy atom. The van der Waals surface area contributed by atoms with Crippen molar-refractivity contribution in [1.82, 2.24) is 5.32 Å². The predicted octanol–water partition coefficient (Wildman–Crippen LogP) is 5.75. The SMILES string of the molecule is Cc1c(Cl)cccc1N1C(=O)NC(=O)/C(=C/c2cc(Br)ccc2OCC(=O)Nc2ccccc2Cl)C1=O. The topological polar surface area (TPSA) is 105 Å². The summed E-state index contributed by atoms with van der Waals surface area (Å²) in [5, 5.41) is 5.57. The van der Waals surface area contributed by atoms with E-state index in [2.05, 4.69) is 26.6 Å². The summed E-state index contributed by atoms with van der Waals surface area (Å²) in [5.74, 6) is -1.93. The van der Waals surface area contributed by atoms with Crippen molar-refractivity contribution in [2.75, 3.05) is 16.8 Å². The zero-order chi connectivity index (χ0) is 26.7. The molecule has 3 aromatic rings. The molecule has 0 aromatic heterocycles. The van der Waals surface area contributed by atoms with Gasteiger partial charge in [0.1, 0.15) is 11.3 Å². The molecule has 11 heteroatoms. The Morgan fingerprint density at radius 1 is 1.05 bits per heavy atom. The summed E-state index contributed by atoms with van der Waals surface area (Å²) < 4.78 is 6.32. The summed E-state index contributed by atoms with van der Waals surface area (Å²) in [6.07, 6.45) is 1.29. The zero-order valence-corrected chi connectivity index (χ0v) is 22.3. The molecule has 0 saturated carbocycles. The standard InChI is InChI=1S/C26H18BrCl2N3O5/c1-14-18(28)6-4-8-21(14)32-25(35)17(24(34)31-26(32)36)12-15-11-16(27)9-10-22(15)37-13-23(33)30-20-7-3-2-5-19(20)29/h2-12H,13H2,1H3,(H,30,33)(H,31,34,36)/b17-12-. The molecule has 1 heterocycles. The summed E-state index contributed by atoms with van der Waals surface area (Å²) in [5.41, 5.74) is 1.20. The van der Waals surface area contributed by atoms with E-state index in [4.69, 9.17) is 27.9 Å². The quantitative estimate of drug-likeness (QED) is 0.276. The number of amides is 5. The Labute approximate surface area is 230 Å². The molecule has 0 spiro atoms. The normalized spacial score (nSPS) is 14.5. The van der Waals surface area contributed by atoms with Crippen LogP contribution in [0.2, 0.25) is 10.0 Å². The highest BCUT2D eigenvalue weighted by Crippen LogP contribution is 2.31. The van der Waals surface area contributed by atoms with Crippen LogP contribution >= 0.6 is 39.1 Å². The summed E-state index contributed by atoms with van der Waals surface area (Å²) in [6, 6.07) is 15.5. The van der Waals surface area contributed by atoms with Crippen molar-refractivity contribution >= 4 is 80.3 Å². The molecule has 8 nitrogen and oxygen atoms in total. The number of ether oxygens (including phenoxy) is 1. The van der Waals surface area contributed by atoms with E-state index < -0.39 is 23.8 Å². The molecule has 1 aliphatic heterocycles. The van der Waals surface area contributed by atoms with Gasteiger partial charge in [0.25, 0.3) is 17.7 Å². The first kappa shape index (κ1) is 26.4. The van der Waals surface area contributed by atoms with E-state index in [1.54, 1.807) is 67.6 Å². The van der Waals surface area contributed by atoms with Crippen LogP contribution in [0.1, 0.15) is 11.1 Å². The smallest absolute Gasteiger partial charge is 0.335 e. The van der Waals surface area contributed by atoms with Crippen LogP contribution in [0.4, 0.5) is 16.2 Å². The van der Waals surface area contributed by atoms with E-state index in [0.717, 1.165) is 4.90 Å². The predicted molar refractivity (Wildman–Crippen MR) is 145 cm³/mol. The third-order valence-corrected chi connectivity index (χ3v) is 6.59. The Balaban J connectivity index is 1.61. The minimum Gasteiger partial charge on any atom is -0.483 e. The third kappa shape index (κ3) is 5.85. The fraction of sp³-hybridized carbons (Fsp3) is 0.0769. The molecule has 0 bridgehead atoms. The molecule has 0 atom stereocenters. The molecular weight excluding hydrogens is 585 g/mol. The van der Waals surface area contributed by atoms with Crippen LogP contribution in [-0.2, 0) is 14.4 Å². The van der Waals surface area contributed by atoms with Crippen LogP contribution in [0.15, 0.2) is 70.7 Å². The molecule has 4 rings (SSSR count). The fourth-order valence-electron chi connectivity index (χ4n) is 3.53. The van der Waals surface area contributed by atoms with Crippen molar-refractivity contribution in [3.05, 3.63) is 91.9 Å². The number of rotatable bonds is 6. The second-order valence-electron chi connectivity index (χ2n) is 7.84. The lowest BCUT2D eigenvalue weighted by atomic mass is 10.0. The summed E-state index contributed by atoms with van der Waals surface area (Å²) in [4.78, 5) is 51.8. The van der Waals surface area contributed by atoms with Gasteiger partial charge in [0.2, 0.25) is 0 Å². The van der Waals surface area contributed by atoms with E-state index in [1.807, 2.05) is 0 Å². The Morgan fingerprint density at radius 3 is 2.54 bits per heavy atom. The van der Waals surface area contributed by atoms with Crippen LogP contribution in [0, 0.1) is 6.92 Å². The van der Waals surface area contributed by atoms with Gasteiger partial charge in [-0.15, -0.1) is 0 Å². The second-order valence-corrected chi connectivity index (χ2v) is 9.57. The monoisotopic (exact) mass is 601 g/mol. The number of carbonyl (C=O) groups excluding carboxylic acids is 4. The molecule has 5 amide bonds. The largest absolute Gasteiger partial charge is 0.483 e. The molecule has 188 valence electrons. The Bertz CT molecular complexity index is 1470. The van der Waals surface area contributed by atoms with Gasteiger partial charge in [-0.25, -0.2) is 9.69 Å². The van der Waals surface area contributed by atoms with Crippen molar-refractivity contribution in [3.63, 3.8) is 0 Å². The number of halogens is 3. The van der Waals surface area contributed by atoms with Crippen molar-refractivity contribution < 1.29 is 23.9 Å². The maximum absolute atomic E-state index is 13.3. The third-order valence-electron chi connectivity index (χ3n) is 5.36. The number of anilines is 2. The maximum Gasteiger partial charge on any atom is 0.335 e. The van der Waals surface area contributed by atoms with Crippen LogP contribution < -0.4 is 20.3 Å². The highest BCUT2D eigenvalue weighted by molar-refractivity contribution is 9.10. The summed E-state index contributed by atoms with van der Waals surface area (Å²) >= 11 is 15.6. The van der Waals surface area contributed by atoms with Crippen LogP contribution in [0.5, 0.6) is 5.75 Å². The van der Waals surface area contributed by atoms with E-state index >= 15 is 0 Å². The first-order valence-corrected chi connectivity index (χ1v) is 12.3. The van der Waals surface area contributed by atoms with Gasteiger partial charge in [0.05, 0.1) is 16.4 Å². The van der Waals surface area contributed by atoms with Crippen LogP contribution in [-0.4, -0.2) is 30.4 Å². The average Bonchev–Trinajstić information content (AvgIpc) is 2.85. The number of carbonyl (C=O) groups is 4. The van der Waals surface area contributed by atoms with Gasteiger partial charge in [-0.05, 0) is 61.0 Å². The van der Waals surface area contributed by atoms with Gasteiger partial charge in [-0.1, -0.05) is 57.3 Å². The van der Waals surface area contributed by atoms with E-state index in [-0.39, 0.29) is 23.6 Å². The fourth-order valence-corrected chi connectivity index (χ4v) is 4.26. The molecule has 37 heavy (non-hydrogen) atoms. The second kappa shape index (κ2) is 11.2. The first-order valence-electron chi connectivity index (χ1n) is 10.8. The molecule has 1 aliphatic rings. The number of benzene rings is 3. The lowest BCUT2D eigenvalue weighted by Crippen LogP contribution is -2.54. The minimum absolute atomic E-state index is 0.230. The van der Waals surface area contributed by atoms with E-state index in [0.29, 0.717) is 31.3 Å². The summed E-state index contributed by atoms with van der Waals surface area (Å²) in [6.45, 7) is 1.29. The van der Waals surface area contributed by atoms with E-state index in [9.17, 15) is 19.2 Å². The number of para-hydroxylation sites is 1. The number of barbiturate groups is 1.